The van der Waals surface area contributed by atoms with Crippen LogP contribution in [0.3, 0.4) is 0 Å². The van der Waals surface area contributed by atoms with Gasteiger partial charge in [-0.1, -0.05) is 11.6 Å². The van der Waals surface area contributed by atoms with E-state index < -0.39 is 17.6 Å². The summed E-state index contributed by atoms with van der Waals surface area (Å²) in [4.78, 5) is 26.8. The molecule has 1 atom stereocenters. The summed E-state index contributed by atoms with van der Waals surface area (Å²) in [7, 11) is 1.56. The van der Waals surface area contributed by atoms with Crippen molar-refractivity contribution in [1.82, 2.24) is 19.9 Å². The zero-order valence-electron chi connectivity index (χ0n) is 20.9. The lowest BCUT2D eigenvalue weighted by atomic mass is 9.71. The van der Waals surface area contributed by atoms with Crippen LogP contribution in [-0.4, -0.2) is 63.4 Å². The van der Waals surface area contributed by atoms with Crippen LogP contribution in [0.4, 0.5) is 4.39 Å². The molecule has 1 N–H and O–H groups in total. The summed E-state index contributed by atoms with van der Waals surface area (Å²) in [6.07, 6.45) is 8.51. The molecule has 2 aromatic heterocycles. The maximum absolute atomic E-state index is 15.7. The second-order valence-corrected chi connectivity index (χ2v) is 11.1. The summed E-state index contributed by atoms with van der Waals surface area (Å²) in [5, 5.41) is 11.5. The zero-order chi connectivity index (χ0) is 26.3. The fourth-order valence-electron chi connectivity index (χ4n) is 5.10. The number of alkyl halides is 1. The van der Waals surface area contributed by atoms with Crippen molar-refractivity contribution in [2.45, 2.75) is 49.7 Å². The predicted molar refractivity (Wildman–Crippen MR) is 144 cm³/mol. The lowest BCUT2D eigenvalue weighted by Gasteiger charge is -2.41. The first kappa shape index (κ1) is 27.5. The fraction of sp³-hybridized carbons (Fsp3) is 0.481. The standard InChI is InChI=1S/C27H32ClFN4O3S/c1-36-19-3-4-23-20(15-19)26(21(28)17-32-23)22(29)5-6-27(16-25(34)35)7-12-33(13-8-27)11-2-14-37-24-18-30-9-10-31-24/h3-4,9-10,15,17-18,22H,2,5-8,11-14,16H2,1H3,(H,34,35). The first-order valence-corrected chi connectivity index (χ1v) is 13.8. The molecule has 0 amide bonds. The first-order chi connectivity index (χ1) is 17.9. The van der Waals surface area contributed by atoms with E-state index in [0.29, 0.717) is 28.6 Å². The van der Waals surface area contributed by atoms with E-state index in [1.807, 2.05) is 0 Å². The number of carboxylic acids is 1. The molecule has 37 heavy (non-hydrogen) atoms. The summed E-state index contributed by atoms with van der Waals surface area (Å²) in [6, 6.07) is 5.32. The van der Waals surface area contributed by atoms with Crippen LogP contribution >= 0.6 is 23.4 Å². The number of carbonyl (C=O) groups is 1. The third kappa shape index (κ3) is 7.30. The number of aromatic nitrogens is 3. The van der Waals surface area contributed by atoms with Crippen molar-refractivity contribution in [1.29, 1.82) is 0 Å². The average Bonchev–Trinajstić information content (AvgIpc) is 2.90. The molecular formula is C27H32ClFN4O3S. The topological polar surface area (TPSA) is 88.4 Å². The smallest absolute Gasteiger partial charge is 0.303 e. The minimum Gasteiger partial charge on any atom is -0.497 e. The first-order valence-electron chi connectivity index (χ1n) is 12.5. The molecule has 1 aromatic carbocycles. The average molecular weight is 547 g/mol. The third-order valence-electron chi connectivity index (χ3n) is 7.16. The van der Waals surface area contributed by atoms with Crippen molar-refractivity contribution in [3.8, 4) is 5.75 Å². The van der Waals surface area contributed by atoms with Gasteiger partial charge in [0.05, 0.1) is 30.3 Å². The molecule has 0 aliphatic carbocycles. The van der Waals surface area contributed by atoms with Gasteiger partial charge in [-0.3, -0.25) is 14.8 Å². The molecule has 1 aliphatic rings. The van der Waals surface area contributed by atoms with E-state index in [1.165, 1.54) is 6.20 Å². The highest BCUT2D eigenvalue weighted by molar-refractivity contribution is 7.99. The van der Waals surface area contributed by atoms with Gasteiger partial charge in [-0.25, -0.2) is 9.37 Å². The molecule has 0 saturated carbocycles. The summed E-state index contributed by atoms with van der Waals surface area (Å²) < 4.78 is 21.0. The Morgan fingerprint density at radius 1 is 1.27 bits per heavy atom. The van der Waals surface area contributed by atoms with Crippen molar-refractivity contribution in [3.05, 3.63) is 53.6 Å². The molecule has 3 heterocycles. The van der Waals surface area contributed by atoms with Crippen molar-refractivity contribution in [2.75, 3.05) is 32.5 Å². The van der Waals surface area contributed by atoms with Crippen LogP contribution in [0.1, 0.15) is 50.3 Å². The lowest BCUT2D eigenvalue weighted by Crippen LogP contribution is -2.41. The Bertz CT molecular complexity index is 1190. The van der Waals surface area contributed by atoms with E-state index in [9.17, 15) is 9.90 Å². The molecule has 4 rings (SSSR count). The number of piperidine rings is 1. The molecule has 1 fully saturated rings. The van der Waals surface area contributed by atoms with E-state index in [-0.39, 0.29) is 17.9 Å². The van der Waals surface area contributed by atoms with Gasteiger partial charge in [-0.15, -0.1) is 11.8 Å². The largest absolute Gasteiger partial charge is 0.497 e. The van der Waals surface area contributed by atoms with Gasteiger partial charge in [0.25, 0.3) is 0 Å². The molecule has 3 aromatic rings. The maximum Gasteiger partial charge on any atom is 0.303 e. The molecule has 10 heteroatoms. The number of hydrogen-bond donors (Lipinski definition) is 1. The minimum atomic E-state index is -1.33. The quantitative estimate of drug-likeness (QED) is 0.212. The Morgan fingerprint density at radius 2 is 2.08 bits per heavy atom. The van der Waals surface area contributed by atoms with E-state index >= 15 is 4.39 Å². The Kier molecular flexibility index (Phi) is 9.56. The minimum absolute atomic E-state index is 0.0503. The summed E-state index contributed by atoms with van der Waals surface area (Å²) in [6.45, 7) is 2.58. The Balaban J connectivity index is 1.35. The van der Waals surface area contributed by atoms with E-state index in [4.69, 9.17) is 16.3 Å². The van der Waals surface area contributed by atoms with Gasteiger partial charge < -0.3 is 14.7 Å². The fourth-order valence-corrected chi connectivity index (χ4v) is 6.12. The number of hydrogen-bond acceptors (Lipinski definition) is 7. The second kappa shape index (κ2) is 12.8. The van der Waals surface area contributed by atoms with Crippen LogP contribution in [0.15, 0.2) is 48.0 Å². The number of methoxy groups -OCH3 is 1. The monoisotopic (exact) mass is 546 g/mol. The van der Waals surface area contributed by atoms with Crippen LogP contribution in [0.25, 0.3) is 10.9 Å². The molecule has 0 bridgehead atoms. The van der Waals surface area contributed by atoms with Crippen LogP contribution in [0.2, 0.25) is 5.02 Å². The highest BCUT2D eigenvalue weighted by atomic mass is 35.5. The number of likely N-dealkylation sites (tertiary alicyclic amines) is 1. The van der Waals surface area contributed by atoms with Crippen LogP contribution < -0.4 is 4.74 Å². The van der Waals surface area contributed by atoms with Gasteiger partial charge >= 0.3 is 5.97 Å². The lowest BCUT2D eigenvalue weighted by molar-refractivity contribution is -0.141. The molecule has 7 nitrogen and oxygen atoms in total. The predicted octanol–water partition coefficient (Wildman–Crippen LogP) is 6.22. The highest BCUT2D eigenvalue weighted by Crippen LogP contribution is 2.44. The van der Waals surface area contributed by atoms with Crippen molar-refractivity contribution >= 4 is 40.2 Å². The normalized spacial score (nSPS) is 16.5. The number of pyridine rings is 1. The van der Waals surface area contributed by atoms with Crippen molar-refractivity contribution in [3.63, 3.8) is 0 Å². The zero-order valence-corrected chi connectivity index (χ0v) is 22.5. The maximum atomic E-state index is 15.7. The van der Waals surface area contributed by atoms with E-state index in [0.717, 1.165) is 49.7 Å². The number of thioether (sulfide) groups is 1. The van der Waals surface area contributed by atoms with Crippen LogP contribution in [-0.2, 0) is 4.79 Å². The van der Waals surface area contributed by atoms with Gasteiger partial charge in [-0.05, 0) is 75.4 Å². The number of benzene rings is 1. The molecule has 1 aliphatic heterocycles. The molecule has 1 unspecified atom stereocenters. The van der Waals surface area contributed by atoms with E-state index in [2.05, 4.69) is 19.9 Å². The molecule has 0 radical (unpaired) electrons. The number of rotatable bonds is 12. The Labute approximate surface area is 225 Å². The van der Waals surface area contributed by atoms with E-state index in [1.54, 1.807) is 55.7 Å². The molecule has 0 spiro atoms. The number of nitrogens with zero attached hydrogens (tertiary/aromatic N) is 4. The number of fused-ring (bicyclic) bond motifs is 1. The summed E-state index contributed by atoms with van der Waals surface area (Å²) >= 11 is 8.09. The number of carboxylic acid groups (broad SMARTS) is 1. The van der Waals surface area contributed by atoms with Crippen LogP contribution in [0, 0.1) is 5.41 Å². The molecule has 198 valence electrons. The third-order valence-corrected chi connectivity index (χ3v) is 8.46. The van der Waals surface area contributed by atoms with Gasteiger partial charge in [0.15, 0.2) is 0 Å². The van der Waals surface area contributed by atoms with Gasteiger partial charge in [0, 0.05) is 35.3 Å². The SMILES string of the molecule is COc1ccc2ncc(Cl)c(C(F)CCC3(CC(=O)O)CCN(CCCSc4cnccn4)CC3)c2c1. The second-order valence-electron chi connectivity index (χ2n) is 9.57. The molecule has 1 saturated heterocycles. The van der Waals surface area contributed by atoms with Crippen LogP contribution in [0.5, 0.6) is 5.75 Å². The van der Waals surface area contributed by atoms with Crippen molar-refractivity contribution < 1.29 is 19.0 Å². The Hall–Kier alpha value is -2.49. The molecular weight excluding hydrogens is 515 g/mol. The number of ether oxygens (including phenoxy) is 1. The number of aliphatic carboxylic acids is 1. The Morgan fingerprint density at radius 3 is 2.78 bits per heavy atom. The van der Waals surface area contributed by atoms with Gasteiger partial charge in [0.1, 0.15) is 16.9 Å². The van der Waals surface area contributed by atoms with Crippen molar-refractivity contribution in [2.24, 2.45) is 5.41 Å². The summed E-state index contributed by atoms with van der Waals surface area (Å²) in [5.41, 5.74) is 0.622. The van der Waals surface area contributed by atoms with Gasteiger partial charge in [0.2, 0.25) is 0 Å². The highest BCUT2D eigenvalue weighted by Gasteiger charge is 2.37. The number of halogens is 2. The summed E-state index contributed by atoms with van der Waals surface area (Å²) in [5.74, 6) is 0.723. The van der Waals surface area contributed by atoms with Gasteiger partial charge in [-0.2, -0.15) is 0 Å².